The molecule has 0 aliphatic heterocycles. The first-order valence-corrected chi connectivity index (χ1v) is 4.55. The minimum Gasteiger partial charge on any atom is -0.511 e. The van der Waals surface area contributed by atoms with Crippen molar-refractivity contribution in [3.05, 3.63) is 24.2 Å². The predicted molar refractivity (Wildman–Crippen MR) is 49.6 cm³/mol. The Morgan fingerprint density at radius 3 is 2.38 bits per heavy atom. The van der Waals surface area contributed by atoms with Crippen LogP contribution in [-0.4, -0.2) is 24.2 Å². The van der Waals surface area contributed by atoms with Gasteiger partial charge in [0.2, 0.25) is 0 Å². The fourth-order valence-corrected chi connectivity index (χ4v) is 1.27. The minimum absolute atomic E-state index is 0.180. The van der Waals surface area contributed by atoms with Crippen LogP contribution in [0.25, 0.3) is 0 Å². The molecule has 16 heavy (non-hydrogen) atoms. The lowest BCUT2D eigenvalue weighted by atomic mass is 10.0. The molecule has 0 atom stereocenters. The second-order valence-electron chi connectivity index (χ2n) is 3.55. The summed E-state index contributed by atoms with van der Waals surface area (Å²) in [5, 5.41) is 9.29. The summed E-state index contributed by atoms with van der Waals surface area (Å²) in [6.07, 6.45) is -2.34. The molecule has 6 heteroatoms. The molecule has 0 bridgehead atoms. The summed E-state index contributed by atoms with van der Waals surface area (Å²) < 4.78 is 41.9. The van der Waals surface area contributed by atoms with Crippen molar-refractivity contribution in [3.8, 4) is 0 Å². The Bertz CT molecular complexity index is 338. The van der Waals surface area contributed by atoms with Gasteiger partial charge in [0.25, 0.3) is 0 Å². The van der Waals surface area contributed by atoms with Crippen LogP contribution in [0.15, 0.2) is 24.2 Å². The molecule has 1 N–H and O–H groups in total. The molecule has 0 amide bonds. The van der Waals surface area contributed by atoms with Crippen LogP contribution in [0.3, 0.4) is 0 Å². The van der Waals surface area contributed by atoms with Gasteiger partial charge in [-0.2, -0.15) is 13.2 Å². The number of methoxy groups -OCH3 is 1. The molecule has 1 saturated carbocycles. The summed E-state index contributed by atoms with van der Waals surface area (Å²) >= 11 is 0. The van der Waals surface area contributed by atoms with E-state index in [0.29, 0.717) is 6.08 Å². The van der Waals surface area contributed by atoms with Gasteiger partial charge >= 0.3 is 6.18 Å². The van der Waals surface area contributed by atoms with Crippen LogP contribution in [0.5, 0.6) is 0 Å². The molecule has 1 aliphatic carbocycles. The number of carbonyl (C=O) groups excluding carboxylic acids is 1. The molecule has 0 saturated heterocycles. The number of rotatable bonds is 4. The minimum atomic E-state index is -4.52. The van der Waals surface area contributed by atoms with E-state index in [1.54, 1.807) is 0 Å². The summed E-state index contributed by atoms with van der Waals surface area (Å²) in [4.78, 5) is 11.0. The van der Waals surface area contributed by atoms with Gasteiger partial charge in [0.05, 0.1) is 13.4 Å². The van der Waals surface area contributed by atoms with E-state index in [1.165, 1.54) is 7.11 Å². The third-order valence-corrected chi connectivity index (χ3v) is 2.43. The van der Waals surface area contributed by atoms with E-state index in [4.69, 9.17) is 0 Å². The van der Waals surface area contributed by atoms with Crippen molar-refractivity contribution in [1.29, 1.82) is 0 Å². The number of ketones is 1. The molecule has 3 nitrogen and oxygen atoms in total. The Balaban J connectivity index is 2.79. The Labute approximate surface area is 90.2 Å². The van der Waals surface area contributed by atoms with Gasteiger partial charge < -0.3 is 9.84 Å². The molecule has 0 unspecified atom stereocenters. The summed E-state index contributed by atoms with van der Waals surface area (Å²) in [5.74, 6) is -1.67. The van der Waals surface area contributed by atoms with Gasteiger partial charge in [0.1, 0.15) is 11.2 Å². The molecular weight excluding hydrogens is 225 g/mol. The second-order valence-corrected chi connectivity index (χ2v) is 3.55. The van der Waals surface area contributed by atoms with Crippen LogP contribution < -0.4 is 0 Å². The van der Waals surface area contributed by atoms with E-state index in [-0.39, 0.29) is 12.8 Å². The van der Waals surface area contributed by atoms with Crippen molar-refractivity contribution < 1.29 is 27.8 Å². The van der Waals surface area contributed by atoms with Gasteiger partial charge in [-0.1, -0.05) is 0 Å². The van der Waals surface area contributed by atoms with Gasteiger partial charge in [-0.3, -0.25) is 4.79 Å². The molecule has 0 radical (unpaired) electrons. The lowest BCUT2D eigenvalue weighted by molar-refractivity contribution is -0.183. The Morgan fingerprint density at radius 1 is 1.44 bits per heavy atom. The smallest absolute Gasteiger partial charge is 0.401 e. The van der Waals surface area contributed by atoms with E-state index in [9.17, 15) is 23.1 Å². The quantitative estimate of drug-likeness (QED) is 0.602. The summed E-state index contributed by atoms with van der Waals surface area (Å²) in [6, 6.07) is 0. The zero-order valence-corrected chi connectivity index (χ0v) is 8.54. The number of alkyl halides is 3. The molecule has 90 valence electrons. The molecule has 0 aromatic rings. The number of hydrogen-bond acceptors (Lipinski definition) is 3. The normalized spacial score (nSPS) is 19.9. The fourth-order valence-electron chi connectivity index (χ4n) is 1.27. The average molecular weight is 236 g/mol. The third kappa shape index (κ3) is 2.37. The summed E-state index contributed by atoms with van der Waals surface area (Å²) in [6.45, 7) is 0. The van der Waals surface area contributed by atoms with Crippen LogP contribution in [0.2, 0.25) is 0 Å². The maximum Gasteiger partial charge on any atom is 0.401 e. The van der Waals surface area contributed by atoms with Crippen molar-refractivity contribution in [2.24, 2.45) is 5.41 Å². The molecule has 0 aromatic carbocycles. The Morgan fingerprint density at radius 2 is 2.00 bits per heavy atom. The van der Waals surface area contributed by atoms with Crippen LogP contribution in [0.1, 0.15) is 12.8 Å². The summed E-state index contributed by atoms with van der Waals surface area (Å²) in [5.41, 5.74) is -2.20. The molecule has 0 spiro atoms. The van der Waals surface area contributed by atoms with Gasteiger partial charge in [-0.05, 0) is 12.8 Å². The van der Waals surface area contributed by atoms with Crippen LogP contribution in [-0.2, 0) is 9.53 Å². The van der Waals surface area contributed by atoms with Crippen LogP contribution in [0.4, 0.5) is 13.2 Å². The van der Waals surface area contributed by atoms with Crippen LogP contribution >= 0.6 is 0 Å². The van der Waals surface area contributed by atoms with E-state index >= 15 is 0 Å². The Hall–Kier alpha value is -1.46. The zero-order chi connectivity index (χ0) is 12.4. The lowest BCUT2D eigenvalue weighted by Crippen LogP contribution is -2.26. The summed E-state index contributed by atoms with van der Waals surface area (Å²) in [7, 11) is 1.30. The maximum atomic E-state index is 12.5. The monoisotopic (exact) mass is 236 g/mol. The number of halogens is 3. The lowest BCUT2D eigenvalue weighted by Gasteiger charge is -2.17. The van der Waals surface area contributed by atoms with Crippen molar-refractivity contribution in [2.45, 2.75) is 19.0 Å². The van der Waals surface area contributed by atoms with Crippen LogP contribution in [0, 0.1) is 5.41 Å². The molecule has 0 heterocycles. The first kappa shape index (κ1) is 12.6. The first-order chi connectivity index (χ1) is 7.33. The molecule has 0 aromatic heterocycles. The van der Waals surface area contributed by atoms with E-state index < -0.39 is 23.1 Å². The largest absolute Gasteiger partial charge is 0.511 e. The zero-order valence-electron chi connectivity index (χ0n) is 8.54. The van der Waals surface area contributed by atoms with Crippen molar-refractivity contribution in [3.63, 3.8) is 0 Å². The Kier molecular flexibility index (Phi) is 3.30. The van der Waals surface area contributed by atoms with E-state index in [1.807, 2.05) is 0 Å². The van der Waals surface area contributed by atoms with Gasteiger partial charge in [0.15, 0.2) is 5.78 Å². The van der Waals surface area contributed by atoms with Crippen molar-refractivity contribution in [1.82, 2.24) is 0 Å². The predicted octanol–water partition coefficient (Wildman–Crippen LogP) is 2.50. The number of hydrogen-bond donors (Lipinski definition) is 1. The highest BCUT2D eigenvalue weighted by molar-refractivity contribution is 5.99. The van der Waals surface area contributed by atoms with Gasteiger partial charge in [-0.15, -0.1) is 0 Å². The molecule has 1 fully saturated rings. The SMILES string of the molecule is CO/C=C/C(=O)/C=C(\O)C1(C(F)(F)F)CC1. The maximum absolute atomic E-state index is 12.5. The highest BCUT2D eigenvalue weighted by Gasteiger charge is 2.66. The molecule has 1 rings (SSSR count). The van der Waals surface area contributed by atoms with Gasteiger partial charge in [-0.25, -0.2) is 0 Å². The van der Waals surface area contributed by atoms with Gasteiger partial charge in [0, 0.05) is 12.2 Å². The fraction of sp³-hybridized carbons (Fsp3) is 0.500. The number of aliphatic hydroxyl groups excluding tert-OH is 1. The average Bonchev–Trinajstić information content (AvgIpc) is 2.93. The second kappa shape index (κ2) is 4.19. The molecular formula is C10H11F3O3. The number of ether oxygens (including phenoxy) is 1. The number of carbonyl (C=O) groups is 1. The highest BCUT2D eigenvalue weighted by atomic mass is 19.4. The standard InChI is InChI=1S/C10H11F3O3/c1-16-5-2-7(14)6-8(15)9(3-4-9)10(11,12)13/h2,5-6,15H,3-4H2,1H3/b5-2+,8-6-. The van der Waals surface area contributed by atoms with E-state index in [0.717, 1.165) is 12.3 Å². The van der Waals surface area contributed by atoms with Crippen molar-refractivity contribution in [2.75, 3.05) is 7.11 Å². The topological polar surface area (TPSA) is 46.5 Å². The number of allylic oxidation sites excluding steroid dienone is 3. The van der Waals surface area contributed by atoms with Crippen molar-refractivity contribution >= 4 is 5.78 Å². The third-order valence-electron chi connectivity index (χ3n) is 2.43. The molecule has 1 aliphatic rings. The van der Waals surface area contributed by atoms with E-state index in [2.05, 4.69) is 4.74 Å². The highest BCUT2D eigenvalue weighted by Crippen LogP contribution is 2.61. The first-order valence-electron chi connectivity index (χ1n) is 4.55. The number of aliphatic hydroxyl groups is 1.